The molecule has 0 radical (unpaired) electrons. The monoisotopic (exact) mass is 159 g/mol. The summed E-state index contributed by atoms with van der Waals surface area (Å²) in [4.78, 5) is 3.32. The van der Waals surface area contributed by atoms with Crippen molar-refractivity contribution in [2.75, 3.05) is 6.61 Å². The summed E-state index contributed by atoms with van der Waals surface area (Å²) in [5, 5.41) is 0. The van der Waals surface area contributed by atoms with Gasteiger partial charge in [0, 0.05) is 0 Å². The molecular weight excluding hydrogens is 150 g/mol. The second-order valence-electron chi connectivity index (χ2n) is 3.18. The largest absolute Gasteiger partial charge is 0.365 e. The fourth-order valence-corrected chi connectivity index (χ4v) is 1.16. The van der Waals surface area contributed by atoms with Crippen LogP contribution in [0.25, 0.3) is 4.85 Å². The highest BCUT2D eigenvalue weighted by Crippen LogP contribution is 2.38. The molecule has 1 aliphatic rings. The number of ether oxygens (including phenoxy) is 1. The molecule has 1 aromatic carbocycles. The van der Waals surface area contributed by atoms with Crippen molar-refractivity contribution in [1.82, 2.24) is 0 Å². The second-order valence-corrected chi connectivity index (χ2v) is 3.18. The third-order valence-electron chi connectivity index (χ3n) is 2.18. The fourth-order valence-electron chi connectivity index (χ4n) is 1.16. The van der Waals surface area contributed by atoms with Gasteiger partial charge in [-0.15, -0.1) is 0 Å². The zero-order valence-corrected chi connectivity index (χ0v) is 6.87. The number of hydrogen-bond acceptors (Lipinski definition) is 1. The molecule has 1 fully saturated rings. The number of hydrogen-bond donors (Lipinski definition) is 0. The molecular formula is C10H9NO. The summed E-state index contributed by atoms with van der Waals surface area (Å²) in [6.45, 7) is 9.63. The first-order valence-electron chi connectivity index (χ1n) is 3.86. The molecule has 0 aromatic heterocycles. The SMILES string of the molecule is [C-]#[N+]c1ccc([C@]2(C)CO2)cc1. The lowest BCUT2D eigenvalue weighted by Crippen LogP contribution is -2.00. The zero-order valence-electron chi connectivity index (χ0n) is 6.87. The Hall–Kier alpha value is -1.33. The maximum Gasteiger partial charge on any atom is 0.187 e. The molecule has 0 spiro atoms. The Balaban J connectivity index is 2.32. The molecule has 1 heterocycles. The van der Waals surface area contributed by atoms with Gasteiger partial charge in [-0.1, -0.05) is 24.3 Å². The molecule has 0 bridgehead atoms. The number of rotatable bonds is 1. The van der Waals surface area contributed by atoms with Crippen LogP contribution in [0.15, 0.2) is 24.3 Å². The normalized spacial score (nSPS) is 26.3. The Kier molecular flexibility index (Phi) is 1.42. The van der Waals surface area contributed by atoms with Gasteiger partial charge in [0.15, 0.2) is 5.69 Å². The van der Waals surface area contributed by atoms with E-state index in [1.165, 1.54) is 0 Å². The highest BCUT2D eigenvalue weighted by atomic mass is 16.6. The Morgan fingerprint density at radius 3 is 2.42 bits per heavy atom. The third kappa shape index (κ3) is 1.09. The van der Waals surface area contributed by atoms with Gasteiger partial charge in [0.05, 0.1) is 13.2 Å². The number of epoxide rings is 1. The van der Waals surface area contributed by atoms with E-state index in [9.17, 15) is 0 Å². The minimum atomic E-state index is -0.0689. The van der Waals surface area contributed by atoms with Crippen LogP contribution in [0.4, 0.5) is 5.69 Å². The van der Waals surface area contributed by atoms with Crippen LogP contribution in [0, 0.1) is 6.57 Å². The second kappa shape index (κ2) is 2.33. The fraction of sp³-hybridized carbons (Fsp3) is 0.300. The zero-order chi connectivity index (χ0) is 8.60. The number of nitrogens with zero attached hydrogens (tertiary/aromatic N) is 1. The summed E-state index contributed by atoms with van der Waals surface area (Å²) < 4.78 is 5.28. The molecule has 0 unspecified atom stereocenters. The van der Waals surface area contributed by atoms with E-state index in [-0.39, 0.29) is 5.60 Å². The Bertz CT molecular complexity index is 330. The highest BCUT2D eigenvalue weighted by molar-refractivity contribution is 5.46. The van der Waals surface area contributed by atoms with Gasteiger partial charge in [-0.2, -0.15) is 0 Å². The number of benzene rings is 1. The van der Waals surface area contributed by atoms with E-state index >= 15 is 0 Å². The van der Waals surface area contributed by atoms with Crippen LogP contribution in [-0.2, 0) is 10.3 Å². The van der Waals surface area contributed by atoms with Gasteiger partial charge in [-0.3, -0.25) is 0 Å². The van der Waals surface area contributed by atoms with E-state index in [0.29, 0.717) is 5.69 Å². The van der Waals surface area contributed by atoms with E-state index in [4.69, 9.17) is 11.3 Å². The van der Waals surface area contributed by atoms with Gasteiger partial charge in [-0.25, -0.2) is 4.85 Å². The first kappa shape index (κ1) is 7.33. The van der Waals surface area contributed by atoms with Crippen LogP contribution in [0.5, 0.6) is 0 Å². The molecule has 1 atom stereocenters. The molecule has 1 aromatic rings. The van der Waals surface area contributed by atoms with E-state index in [1.54, 1.807) is 0 Å². The lowest BCUT2D eigenvalue weighted by Gasteiger charge is -2.03. The summed E-state index contributed by atoms with van der Waals surface area (Å²) in [6.07, 6.45) is 0. The lowest BCUT2D eigenvalue weighted by atomic mass is 10.0. The molecule has 2 rings (SSSR count). The van der Waals surface area contributed by atoms with E-state index in [2.05, 4.69) is 11.8 Å². The van der Waals surface area contributed by atoms with Gasteiger partial charge in [0.25, 0.3) is 0 Å². The summed E-state index contributed by atoms with van der Waals surface area (Å²) in [5.41, 5.74) is 1.78. The third-order valence-corrected chi connectivity index (χ3v) is 2.18. The van der Waals surface area contributed by atoms with E-state index in [0.717, 1.165) is 12.2 Å². The molecule has 0 amide bonds. The average molecular weight is 159 g/mol. The van der Waals surface area contributed by atoms with Crippen LogP contribution in [0.1, 0.15) is 12.5 Å². The van der Waals surface area contributed by atoms with Gasteiger partial charge in [0.1, 0.15) is 5.60 Å². The standard InChI is InChI=1S/C10H9NO/c1-10(7-12-10)8-3-5-9(11-2)6-4-8/h3-6H,7H2,1H3/t10-/m0/s1. The van der Waals surface area contributed by atoms with Crippen molar-refractivity contribution in [3.8, 4) is 0 Å². The molecule has 0 saturated carbocycles. The molecule has 2 nitrogen and oxygen atoms in total. The summed E-state index contributed by atoms with van der Waals surface area (Å²) >= 11 is 0. The van der Waals surface area contributed by atoms with Crippen molar-refractivity contribution in [2.45, 2.75) is 12.5 Å². The van der Waals surface area contributed by atoms with Crippen molar-refractivity contribution in [2.24, 2.45) is 0 Å². The molecule has 0 N–H and O–H groups in total. The summed E-state index contributed by atoms with van der Waals surface area (Å²) in [7, 11) is 0. The Labute approximate surface area is 71.6 Å². The predicted molar refractivity (Wildman–Crippen MR) is 46.0 cm³/mol. The van der Waals surface area contributed by atoms with Crippen molar-refractivity contribution in [1.29, 1.82) is 0 Å². The predicted octanol–water partition coefficient (Wildman–Crippen LogP) is 2.48. The topological polar surface area (TPSA) is 16.9 Å². The molecule has 0 aliphatic carbocycles. The van der Waals surface area contributed by atoms with Crippen molar-refractivity contribution in [3.63, 3.8) is 0 Å². The minimum Gasteiger partial charge on any atom is -0.365 e. The Morgan fingerprint density at radius 2 is 2.00 bits per heavy atom. The summed E-state index contributed by atoms with van der Waals surface area (Å²) in [5.74, 6) is 0. The molecule has 60 valence electrons. The van der Waals surface area contributed by atoms with Gasteiger partial charge < -0.3 is 4.74 Å². The van der Waals surface area contributed by atoms with E-state index < -0.39 is 0 Å². The maximum atomic E-state index is 6.78. The van der Waals surface area contributed by atoms with Crippen molar-refractivity contribution in [3.05, 3.63) is 41.2 Å². The molecule has 1 saturated heterocycles. The van der Waals surface area contributed by atoms with E-state index in [1.807, 2.05) is 24.3 Å². The minimum absolute atomic E-state index is 0.0689. The smallest absolute Gasteiger partial charge is 0.187 e. The van der Waals surface area contributed by atoms with Crippen LogP contribution in [0.2, 0.25) is 0 Å². The first-order chi connectivity index (χ1) is 5.74. The maximum absolute atomic E-state index is 6.78. The average Bonchev–Trinajstić information content (AvgIpc) is 2.85. The highest BCUT2D eigenvalue weighted by Gasteiger charge is 2.40. The van der Waals surface area contributed by atoms with Gasteiger partial charge in [0.2, 0.25) is 0 Å². The summed E-state index contributed by atoms with van der Waals surface area (Å²) in [6, 6.07) is 7.57. The quantitative estimate of drug-likeness (QED) is 0.454. The molecule has 1 aliphatic heterocycles. The first-order valence-corrected chi connectivity index (χ1v) is 3.86. The van der Waals surface area contributed by atoms with Crippen LogP contribution in [-0.4, -0.2) is 6.61 Å². The van der Waals surface area contributed by atoms with Gasteiger partial charge >= 0.3 is 0 Å². The lowest BCUT2D eigenvalue weighted by molar-refractivity contribution is 0.329. The molecule has 2 heteroatoms. The van der Waals surface area contributed by atoms with Crippen molar-refractivity contribution < 1.29 is 4.74 Å². The van der Waals surface area contributed by atoms with Crippen LogP contribution < -0.4 is 0 Å². The van der Waals surface area contributed by atoms with Crippen LogP contribution in [0.3, 0.4) is 0 Å². The Morgan fingerprint density at radius 1 is 1.42 bits per heavy atom. The molecule has 12 heavy (non-hydrogen) atoms. The van der Waals surface area contributed by atoms with Crippen LogP contribution >= 0.6 is 0 Å². The van der Waals surface area contributed by atoms with Gasteiger partial charge in [-0.05, 0) is 12.5 Å². The van der Waals surface area contributed by atoms with Crippen molar-refractivity contribution >= 4 is 5.69 Å².